The van der Waals surface area contributed by atoms with Gasteiger partial charge in [-0.05, 0) is 43.4 Å². The van der Waals surface area contributed by atoms with Gasteiger partial charge in [-0.1, -0.05) is 48.9 Å². The number of aromatic nitrogens is 2. The van der Waals surface area contributed by atoms with Crippen molar-refractivity contribution in [2.24, 2.45) is 0 Å². The van der Waals surface area contributed by atoms with Gasteiger partial charge in [0.2, 0.25) is 0 Å². The Balaban J connectivity index is 1.89. The molecule has 2 aliphatic rings. The van der Waals surface area contributed by atoms with E-state index < -0.39 is 11.9 Å². The molecule has 6 heteroatoms. The molecule has 0 bridgehead atoms. The molecule has 1 saturated carbocycles. The van der Waals surface area contributed by atoms with Crippen LogP contribution in [0.3, 0.4) is 0 Å². The summed E-state index contributed by atoms with van der Waals surface area (Å²) in [6.45, 7) is 0. The third-order valence-electron chi connectivity index (χ3n) is 6.01. The minimum atomic E-state index is -0.807. The summed E-state index contributed by atoms with van der Waals surface area (Å²) in [5, 5.41) is 2.65. The lowest BCUT2D eigenvalue weighted by Crippen LogP contribution is -2.61. The largest absolute Gasteiger partial charge is 0.276 e. The van der Waals surface area contributed by atoms with Crippen molar-refractivity contribution in [3.63, 3.8) is 0 Å². The number of hydrogen-bond acceptors (Lipinski definition) is 4. The first-order chi connectivity index (χ1) is 13.6. The van der Waals surface area contributed by atoms with Crippen LogP contribution in [0.2, 0.25) is 0 Å². The minimum Gasteiger partial charge on any atom is -0.267 e. The fraction of sp³-hybridized carbons (Fsp3) is 0.364. The lowest BCUT2D eigenvalue weighted by molar-refractivity contribution is -0.342. The quantitative estimate of drug-likeness (QED) is 0.654. The summed E-state index contributed by atoms with van der Waals surface area (Å²) in [7, 11) is 1.85. The third-order valence-corrected chi connectivity index (χ3v) is 6.01. The molecule has 2 heterocycles. The molecule has 28 heavy (non-hydrogen) atoms. The zero-order chi connectivity index (χ0) is 19.3. The van der Waals surface area contributed by atoms with Crippen molar-refractivity contribution < 1.29 is 4.84 Å². The maximum Gasteiger partial charge on any atom is 0.276 e. The van der Waals surface area contributed by atoms with Gasteiger partial charge >= 0.3 is 0 Å². The van der Waals surface area contributed by atoms with E-state index in [9.17, 15) is 9.59 Å². The van der Waals surface area contributed by atoms with Gasteiger partial charge in [0.25, 0.3) is 11.1 Å². The molecule has 5 rings (SSSR count). The topological polar surface area (TPSA) is 56.5 Å². The minimum absolute atomic E-state index is 0.161. The second-order valence-corrected chi connectivity index (χ2v) is 7.74. The molecule has 1 aliphatic carbocycles. The normalized spacial score (nSPS) is 21.7. The van der Waals surface area contributed by atoms with Gasteiger partial charge in [0.15, 0.2) is 11.9 Å². The van der Waals surface area contributed by atoms with E-state index >= 15 is 0 Å². The van der Waals surface area contributed by atoms with E-state index in [4.69, 9.17) is 4.84 Å². The van der Waals surface area contributed by atoms with Crippen molar-refractivity contribution in [1.29, 1.82) is 0 Å². The monoisotopic (exact) mass is 377 g/mol. The van der Waals surface area contributed by atoms with Crippen molar-refractivity contribution in [2.45, 2.75) is 44.0 Å². The Morgan fingerprint density at radius 3 is 2.14 bits per heavy atom. The molecule has 1 atom stereocenters. The van der Waals surface area contributed by atoms with Crippen molar-refractivity contribution in [3.05, 3.63) is 80.9 Å². The third kappa shape index (κ3) is 2.41. The van der Waals surface area contributed by atoms with Gasteiger partial charge in [0.1, 0.15) is 0 Å². The van der Waals surface area contributed by atoms with Gasteiger partial charge in [-0.3, -0.25) is 14.4 Å². The summed E-state index contributed by atoms with van der Waals surface area (Å²) >= 11 is 0. The Morgan fingerprint density at radius 2 is 1.46 bits per heavy atom. The molecule has 6 nitrogen and oxygen atoms in total. The average molecular weight is 377 g/mol. The summed E-state index contributed by atoms with van der Waals surface area (Å²) < 4.78 is 3.24. The number of nitrogens with zero attached hydrogens (tertiary/aromatic N) is 3. The molecular formula is C22H23N3O3. The maximum absolute atomic E-state index is 13.6. The Labute approximate surface area is 162 Å². The summed E-state index contributed by atoms with van der Waals surface area (Å²) in [4.78, 5) is 33.6. The summed E-state index contributed by atoms with van der Waals surface area (Å²) in [5.41, 5.74) is -0.227. The number of rotatable bonds is 1. The van der Waals surface area contributed by atoms with Gasteiger partial charge in [0.05, 0.1) is 10.8 Å². The highest BCUT2D eigenvalue weighted by Crippen LogP contribution is 2.41. The van der Waals surface area contributed by atoms with Gasteiger partial charge in [-0.25, -0.2) is 9.36 Å². The van der Waals surface area contributed by atoms with Crippen LogP contribution in [0, 0.1) is 0 Å². The maximum atomic E-state index is 13.6. The van der Waals surface area contributed by atoms with Crippen LogP contribution >= 0.6 is 0 Å². The molecule has 0 amide bonds. The second-order valence-electron chi connectivity index (χ2n) is 7.74. The number of hydrogen-bond donors (Lipinski definition) is 0. The van der Waals surface area contributed by atoms with E-state index in [1.165, 1.54) is 0 Å². The SMILES string of the molecule is CN1OC2(CCCCC2)n2c(=O)c3ccccc3c(=O)n2C1c1ccccc1. The highest BCUT2D eigenvalue weighted by atomic mass is 16.7. The molecule has 1 unspecified atom stereocenters. The zero-order valence-corrected chi connectivity index (χ0v) is 15.9. The Bertz CT molecular complexity index is 1140. The molecule has 1 aromatic heterocycles. The number of fused-ring (bicyclic) bond motifs is 3. The van der Waals surface area contributed by atoms with Crippen molar-refractivity contribution >= 4 is 10.8 Å². The van der Waals surface area contributed by atoms with Crippen LogP contribution in [0.5, 0.6) is 0 Å². The van der Waals surface area contributed by atoms with Crippen LogP contribution in [-0.2, 0) is 10.6 Å². The number of hydroxylamine groups is 2. The van der Waals surface area contributed by atoms with E-state index in [1.54, 1.807) is 38.7 Å². The van der Waals surface area contributed by atoms with E-state index in [2.05, 4.69) is 0 Å². The second kappa shape index (κ2) is 6.43. The molecule has 1 spiro atoms. The zero-order valence-electron chi connectivity index (χ0n) is 15.9. The Morgan fingerprint density at radius 1 is 0.857 bits per heavy atom. The predicted molar refractivity (Wildman–Crippen MR) is 107 cm³/mol. The smallest absolute Gasteiger partial charge is 0.267 e. The molecule has 0 saturated heterocycles. The van der Waals surface area contributed by atoms with Gasteiger partial charge in [-0.2, -0.15) is 5.06 Å². The molecule has 2 aromatic carbocycles. The Kier molecular flexibility index (Phi) is 4.00. The molecule has 0 radical (unpaired) electrons. The summed E-state index contributed by atoms with van der Waals surface area (Å²) in [6.07, 6.45) is 3.99. The molecule has 144 valence electrons. The molecule has 1 fully saturated rings. The fourth-order valence-electron chi connectivity index (χ4n) is 4.78. The van der Waals surface area contributed by atoms with Gasteiger partial charge in [-0.15, -0.1) is 0 Å². The van der Waals surface area contributed by atoms with E-state index in [0.717, 1.165) is 37.7 Å². The van der Waals surface area contributed by atoms with Crippen molar-refractivity contribution in [1.82, 2.24) is 14.4 Å². The Hall–Kier alpha value is -2.70. The van der Waals surface area contributed by atoms with Crippen LogP contribution in [-0.4, -0.2) is 21.5 Å². The first-order valence-electron chi connectivity index (χ1n) is 9.86. The van der Waals surface area contributed by atoms with E-state index in [0.29, 0.717) is 10.8 Å². The first-order valence-corrected chi connectivity index (χ1v) is 9.86. The molecule has 0 N–H and O–H groups in total. The lowest BCUT2D eigenvalue weighted by atomic mass is 9.91. The summed E-state index contributed by atoms with van der Waals surface area (Å²) in [5.74, 6) is 0. The van der Waals surface area contributed by atoms with Gasteiger partial charge in [0, 0.05) is 7.05 Å². The molecule has 3 aromatic rings. The van der Waals surface area contributed by atoms with Crippen LogP contribution in [0.1, 0.15) is 43.8 Å². The summed E-state index contributed by atoms with van der Waals surface area (Å²) in [6, 6.07) is 16.8. The average Bonchev–Trinajstić information content (AvgIpc) is 2.73. The van der Waals surface area contributed by atoms with Crippen LogP contribution in [0.25, 0.3) is 10.8 Å². The highest BCUT2D eigenvalue weighted by molar-refractivity contribution is 5.80. The number of benzene rings is 2. The van der Waals surface area contributed by atoms with Crippen molar-refractivity contribution in [2.75, 3.05) is 7.05 Å². The van der Waals surface area contributed by atoms with Crippen LogP contribution < -0.4 is 11.1 Å². The predicted octanol–water partition coefficient (Wildman–Crippen LogP) is 3.20. The molecule has 1 aliphatic heterocycles. The fourth-order valence-corrected chi connectivity index (χ4v) is 4.78. The van der Waals surface area contributed by atoms with Crippen LogP contribution in [0.15, 0.2) is 64.2 Å². The van der Waals surface area contributed by atoms with E-state index in [-0.39, 0.29) is 11.1 Å². The van der Waals surface area contributed by atoms with Crippen LogP contribution in [0.4, 0.5) is 0 Å². The van der Waals surface area contributed by atoms with E-state index in [1.807, 2.05) is 37.4 Å². The standard InChI is InChI=1S/C22H23N3O3/c1-23-19(16-10-4-2-5-11-16)24-20(26)17-12-6-7-13-18(17)21(27)25(24)22(28-23)14-8-3-9-15-22/h2,4-7,10-13,19H,3,8-9,14-15H2,1H3. The molecular weight excluding hydrogens is 354 g/mol. The first kappa shape index (κ1) is 17.4. The highest BCUT2D eigenvalue weighted by Gasteiger charge is 2.46. The van der Waals surface area contributed by atoms with Gasteiger partial charge < -0.3 is 0 Å². The lowest BCUT2D eigenvalue weighted by Gasteiger charge is -2.49. The van der Waals surface area contributed by atoms with Crippen molar-refractivity contribution in [3.8, 4) is 0 Å².